The molecule has 0 saturated carbocycles. The predicted octanol–water partition coefficient (Wildman–Crippen LogP) is 6.55. The van der Waals surface area contributed by atoms with E-state index in [2.05, 4.69) is 53.4 Å². The number of likely N-dealkylation sites (tertiary alicyclic amines) is 1. The highest BCUT2D eigenvalue weighted by molar-refractivity contribution is 5.46. The van der Waals surface area contributed by atoms with Crippen LogP contribution in [0.2, 0.25) is 0 Å². The number of ether oxygens (including phenoxy) is 1. The summed E-state index contributed by atoms with van der Waals surface area (Å²) in [4.78, 5) is 2.50. The molecule has 1 saturated heterocycles. The largest absolute Gasteiger partial charge is 0.492 e. The molecule has 0 amide bonds. The highest BCUT2D eigenvalue weighted by Gasteiger charge is 2.31. The summed E-state index contributed by atoms with van der Waals surface area (Å²) in [6.07, 6.45) is 6.12. The number of aryl methyl sites for hydroxylation is 1. The van der Waals surface area contributed by atoms with E-state index in [-0.39, 0.29) is 11.7 Å². The van der Waals surface area contributed by atoms with Gasteiger partial charge in [-0.15, -0.1) is 0 Å². The number of nitrogens with zero attached hydrogens (tertiary/aromatic N) is 1. The fraction of sp³-hybridized carbons (Fsp3) is 0.379. The van der Waals surface area contributed by atoms with Crippen LogP contribution in [0.3, 0.4) is 0 Å². The molecule has 0 aromatic heterocycles. The van der Waals surface area contributed by atoms with Crippen LogP contribution in [0.25, 0.3) is 0 Å². The van der Waals surface area contributed by atoms with Crippen LogP contribution in [0.15, 0.2) is 72.8 Å². The number of benzene rings is 3. The van der Waals surface area contributed by atoms with Crippen molar-refractivity contribution in [1.29, 1.82) is 0 Å². The lowest BCUT2D eigenvalue weighted by molar-refractivity contribution is 0.183. The van der Waals surface area contributed by atoms with E-state index < -0.39 is 0 Å². The van der Waals surface area contributed by atoms with Crippen molar-refractivity contribution in [2.24, 2.45) is 0 Å². The van der Waals surface area contributed by atoms with Crippen LogP contribution in [0, 0.1) is 5.82 Å². The van der Waals surface area contributed by atoms with Gasteiger partial charge in [0.15, 0.2) is 0 Å². The van der Waals surface area contributed by atoms with Gasteiger partial charge in [0, 0.05) is 12.5 Å². The second kappa shape index (κ2) is 9.87. The molecule has 166 valence electrons. The number of hydrogen-bond donors (Lipinski definition) is 0. The SMILES string of the molecule is Fc1ccc([C@H]2CCc3ccccc3[C@H]2c2ccc(OCCN3CCCCC3)cc2)cc1. The first-order valence-corrected chi connectivity index (χ1v) is 12.1. The van der Waals surface area contributed by atoms with Crippen molar-refractivity contribution in [2.75, 3.05) is 26.2 Å². The standard InChI is InChI=1S/C29H32FNO/c30-25-13-8-23(9-14-25)28-17-12-22-6-2-3-7-27(22)29(28)24-10-15-26(16-11-24)32-21-20-31-18-4-1-5-19-31/h2-3,6-11,13-16,28-29H,1,4-5,12,17-21H2/t28-,29-/m1/s1. The zero-order valence-corrected chi connectivity index (χ0v) is 18.7. The van der Waals surface area contributed by atoms with Gasteiger partial charge in [0.2, 0.25) is 0 Å². The second-order valence-electron chi connectivity index (χ2n) is 9.19. The maximum absolute atomic E-state index is 13.6. The molecule has 1 heterocycles. The molecule has 1 aliphatic carbocycles. The average Bonchev–Trinajstić information content (AvgIpc) is 2.85. The van der Waals surface area contributed by atoms with Gasteiger partial charge >= 0.3 is 0 Å². The van der Waals surface area contributed by atoms with Gasteiger partial charge in [-0.05, 0) is 91.2 Å². The van der Waals surface area contributed by atoms with Crippen LogP contribution >= 0.6 is 0 Å². The molecule has 0 unspecified atom stereocenters. The Balaban J connectivity index is 1.34. The average molecular weight is 430 g/mol. The normalized spacial score (nSPS) is 21.2. The number of hydrogen-bond acceptors (Lipinski definition) is 2. The number of fused-ring (bicyclic) bond motifs is 1. The van der Waals surface area contributed by atoms with Crippen LogP contribution in [0.5, 0.6) is 5.75 Å². The van der Waals surface area contributed by atoms with Gasteiger partial charge in [-0.25, -0.2) is 4.39 Å². The highest BCUT2D eigenvalue weighted by Crippen LogP contribution is 2.46. The van der Waals surface area contributed by atoms with Crippen LogP contribution in [-0.2, 0) is 6.42 Å². The van der Waals surface area contributed by atoms with Crippen molar-refractivity contribution in [3.63, 3.8) is 0 Å². The Kier molecular flexibility index (Phi) is 6.54. The smallest absolute Gasteiger partial charge is 0.123 e. The molecule has 1 fully saturated rings. The third-order valence-corrected chi connectivity index (χ3v) is 7.18. The van der Waals surface area contributed by atoms with E-state index in [9.17, 15) is 4.39 Å². The summed E-state index contributed by atoms with van der Waals surface area (Å²) in [6.45, 7) is 4.15. The minimum Gasteiger partial charge on any atom is -0.492 e. The number of rotatable bonds is 6. The molecule has 3 heteroatoms. The van der Waals surface area contributed by atoms with Crippen molar-refractivity contribution < 1.29 is 9.13 Å². The fourth-order valence-corrected chi connectivity index (χ4v) is 5.49. The third-order valence-electron chi connectivity index (χ3n) is 7.18. The Morgan fingerprint density at radius 1 is 0.812 bits per heavy atom. The van der Waals surface area contributed by atoms with Crippen molar-refractivity contribution in [3.05, 3.63) is 101 Å². The lowest BCUT2D eigenvalue weighted by atomic mass is 9.69. The van der Waals surface area contributed by atoms with Gasteiger partial charge in [-0.2, -0.15) is 0 Å². The van der Waals surface area contributed by atoms with Crippen molar-refractivity contribution in [3.8, 4) is 5.75 Å². The lowest BCUT2D eigenvalue weighted by Crippen LogP contribution is -2.33. The van der Waals surface area contributed by atoms with Crippen LogP contribution in [0.4, 0.5) is 4.39 Å². The second-order valence-corrected chi connectivity index (χ2v) is 9.19. The maximum Gasteiger partial charge on any atom is 0.123 e. The highest BCUT2D eigenvalue weighted by atomic mass is 19.1. The van der Waals surface area contributed by atoms with E-state index in [0.29, 0.717) is 5.92 Å². The summed E-state index contributed by atoms with van der Waals surface area (Å²) in [5, 5.41) is 0. The quantitative estimate of drug-likeness (QED) is 0.440. The molecule has 3 aromatic rings. The molecular formula is C29H32FNO. The summed E-state index contributed by atoms with van der Waals surface area (Å²) in [5.41, 5.74) is 5.34. The van der Waals surface area contributed by atoms with E-state index in [1.807, 2.05) is 12.1 Å². The molecule has 3 aromatic carbocycles. The Labute approximate surface area is 191 Å². The Morgan fingerprint density at radius 3 is 2.31 bits per heavy atom. The zero-order chi connectivity index (χ0) is 21.8. The minimum absolute atomic E-state index is 0.174. The summed E-state index contributed by atoms with van der Waals surface area (Å²) >= 11 is 0. The first-order chi connectivity index (χ1) is 15.8. The summed E-state index contributed by atoms with van der Waals surface area (Å²) in [5.74, 6) is 1.38. The third kappa shape index (κ3) is 4.73. The first-order valence-electron chi connectivity index (χ1n) is 12.1. The summed E-state index contributed by atoms with van der Waals surface area (Å²) < 4.78 is 19.6. The molecule has 0 N–H and O–H groups in total. The van der Waals surface area contributed by atoms with Crippen molar-refractivity contribution in [2.45, 2.75) is 43.9 Å². The van der Waals surface area contributed by atoms with Crippen LogP contribution in [0.1, 0.15) is 59.8 Å². The Morgan fingerprint density at radius 2 is 1.53 bits per heavy atom. The Hall–Kier alpha value is -2.65. The van der Waals surface area contributed by atoms with Gasteiger partial charge in [-0.3, -0.25) is 4.90 Å². The van der Waals surface area contributed by atoms with E-state index in [1.54, 1.807) is 12.1 Å². The van der Waals surface area contributed by atoms with Crippen molar-refractivity contribution in [1.82, 2.24) is 4.90 Å². The lowest BCUT2D eigenvalue weighted by Gasteiger charge is -2.34. The van der Waals surface area contributed by atoms with E-state index in [1.165, 1.54) is 54.6 Å². The topological polar surface area (TPSA) is 12.5 Å². The molecule has 32 heavy (non-hydrogen) atoms. The first kappa shape index (κ1) is 21.2. The minimum atomic E-state index is -0.174. The van der Waals surface area contributed by atoms with Crippen LogP contribution < -0.4 is 4.74 Å². The molecule has 2 nitrogen and oxygen atoms in total. The molecule has 0 bridgehead atoms. The zero-order valence-electron chi connectivity index (χ0n) is 18.7. The molecule has 2 aliphatic rings. The monoisotopic (exact) mass is 429 g/mol. The number of halogens is 1. The van der Waals surface area contributed by atoms with Gasteiger partial charge in [-0.1, -0.05) is 55.0 Å². The molecular weight excluding hydrogens is 397 g/mol. The number of piperidine rings is 1. The van der Waals surface area contributed by atoms with Crippen molar-refractivity contribution >= 4 is 0 Å². The summed E-state index contributed by atoms with van der Waals surface area (Å²) in [7, 11) is 0. The predicted molar refractivity (Wildman–Crippen MR) is 128 cm³/mol. The Bertz CT molecular complexity index is 1010. The van der Waals surface area contributed by atoms with Gasteiger partial charge in [0.05, 0.1) is 0 Å². The van der Waals surface area contributed by atoms with Gasteiger partial charge in [0.1, 0.15) is 18.2 Å². The van der Waals surface area contributed by atoms with Gasteiger partial charge < -0.3 is 4.74 Å². The van der Waals surface area contributed by atoms with Gasteiger partial charge in [0.25, 0.3) is 0 Å². The molecule has 0 spiro atoms. The molecule has 5 rings (SSSR count). The maximum atomic E-state index is 13.6. The van der Waals surface area contributed by atoms with E-state index in [4.69, 9.17) is 4.74 Å². The molecule has 1 aliphatic heterocycles. The summed E-state index contributed by atoms with van der Waals surface area (Å²) in [6, 6.07) is 24.6. The van der Waals surface area contributed by atoms with E-state index >= 15 is 0 Å². The molecule has 0 radical (unpaired) electrons. The van der Waals surface area contributed by atoms with E-state index in [0.717, 1.165) is 31.7 Å². The fourth-order valence-electron chi connectivity index (χ4n) is 5.49. The molecule has 2 atom stereocenters. The van der Waals surface area contributed by atoms with Crippen LogP contribution in [-0.4, -0.2) is 31.1 Å².